The molecule has 0 saturated heterocycles. The smallest absolute Gasteiger partial charge is 0.435 e. The lowest BCUT2D eigenvalue weighted by Gasteiger charge is -2.17. The first-order chi connectivity index (χ1) is 15.3. The number of alkyl halides is 3. The van der Waals surface area contributed by atoms with Crippen molar-refractivity contribution in [2.45, 2.75) is 24.9 Å². The van der Waals surface area contributed by atoms with E-state index in [9.17, 15) is 26.6 Å². The molecule has 1 amide bonds. The minimum absolute atomic E-state index is 0.0702. The number of nitrogens with one attached hydrogen (secondary N) is 2. The van der Waals surface area contributed by atoms with E-state index in [1.54, 1.807) is 0 Å². The molecule has 0 spiro atoms. The number of nitrogens with zero attached hydrogens (tertiary/aromatic N) is 2. The van der Waals surface area contributed by atoms with Crippen LogP contribution in [0.5, 0.6) is 11.6 Å². The Bertz CT molecular complexity index is 1340. The predicted octanol–water partition coefficient (Wildman–Crippen LogP) is 5.33. The van der Waals surface area contributed by atoms with E-state index in [1.165, 1.54) is 43.5 Å². The van der Waals surface area contributed by atoms with Gasteiger partial charge in [0, 0.05) is 16.8 Å². The van der Waals surface area contributed by atoms with E-state index >= 15 is 0 Å². The first kappa shape index (κ1) is 24.1. The topological polar surface area (TPSA) is 105 Å². The zero-order valence-corrected chi connectivity index (χ0v) is 18.4. The lowest BCUT2D eigenvalue weighted by molar-refractivity contribution is -0.142. The number of halogens is 4. The number of aromatic nitrogens is 2. The third-order valence-electron chi connectivity index (χ3n) is 4.57. The molecule has 0 fully saturated rings. The number of anilines is 1. The summed E-state index contributed by atoms with van der Waals surface area (Å²) in [4.78, 5) is 13.1. The molecular formula is C21H18F4N4O3S. The molecule has 33 heavy (non-hydrogen) atoms. The average Bonchev–Trinajstić information content (AvgIpc) is 2.68. The number of benzene rings is 2. The number of carbonyl (C=O) groups is 1. The largest absolute Gasteiger partial charge is 0.437 e. The summed E-state index contributed by atoms with van der Waals surface area (Å²) in [6.07, 6.45) is -3.69. The Morgan fingerprint density at radius 2 is 1.82 bits per heavy atom. The van der Waals surface area contributed by atoms with Gasteiger partial charge in [0.1, 0.15) is 17.1 Å². The van der Waals surface area contributed by atoms with Crippen molar-refractivity contribution in [1.29, 1.82) is 4.78 Å². The molecule has 1 aromatic heterocycles. The Kier molecular flexibility index (Phi) is 6.41. The Hall–Kier alpha value is -3.54. The molecule has 0 bridgehead atoms. The first-order valence-corrected chi connectivity index (χ1v) is 11.3. The van der Waals surface area contributed by atoms with Crippen molar-refractivity contribution in [2.75, 3.05) is 11.6 Å². The molecule has 0 saturated carbocycles. The average molecular weight is 482 g/mol. The van der Waals surface area contributed by atoms with E-state index in [4.69, 9.17) is 9.52 Å². The van der Waals surface area contributed by atoms with Gasteiger partial charge in [-0.25, -0.2) is 13.4 Å². The van der Waals surface area contributed by atoms with Gasteiger partial charge in [0.05, 0.1) is 9.73 Å². The molecule has 0 aliphatic heterocycles. The van der Waals surface area contributed by atoms with Crippen LogP contribution in [0.1, 0.15) is 27.2 Å². The number of ether oxygens (including phenoxy) is 1. The minimum atomic E-state index is -4.88. The third kappa shape index (κ3) is 5.45. The van der Waals surface area contributed by atoms with Gasteiger partial charge in [0.25, 0.3) is 11.8 Å². The number of hydrogen-bond acceptors (Lipinski definition) is 6. The lowest BCUT2D eigenvalue weighted by Crippen LogP contribution is -2.21. The molecule has 1 heterocycles. The van der Waals surface area contributed by atoms with Crippen LogP contribution >= 0.6 is 0 Å². The van der Waals surface area contributed by atoms with Crippen LogP contribution in [-0.2, 0) is 15.9 Å². The molecule has 0 radical (unpaired) electrons. The van der Waals surface area contributed by atoms with Crippen molar-refractivity contribution < 1.29 is 31.3 Å². The molecule has 12 heteroatoms. The van der Waals surface area contributed by atoms with Gasteiger partial charge >= 0.3 is 6.18 Å². The molecule has 0 aliphatic rings. The summed E-state index contributed by atoms with van der Waals surface area (Å²) in [5.41, 5.74) is -2.00. The number of amides is 1. The molecule has 3 aromatic rings. The Morgan fingerprint density at radius 1 is 1.12 bits per heavy atom. The highest BCUT2D eigenvalue weighted by atomic mass is 32.2. The van der Waals surface area contributed by atoms with Crippen LogP contribution in [0, 0.1) is 24.4 Å². The standard InChI is InChI=1S/C21H18F4N4O3S/c1-11-9-13(22)7-8-16(11)32-20-17(12(2)18(28-29-20)21(23,24)25)19(30)27-14-5-4-6-15(10-14)33(3,26)31/h4-10,26H,1-3H3,(H,27,30)/t33-/m0/s1. The van der Waals surface area contributed by atoms with Crippen molar-refractivity contribution in [2.24, 2.45) is 0 Å². The lowest BCUT2D eigenvalue weighted by atomic mass is 10.1. The maximum absolute atomic E-state index is 13.4. The summed E-state index contributed by atoms with van der Waals surface area (Å²) in [6.45, 7) is 2.56. The second-order valence-electron chi connectivity index (χ2n) is 7.19. The van der Waals surface area contributed by atoms with Crippen LogP contribution in [0.2, 0.25) is 0 Å². The zero-order valence-electron chi connectivity index (χ0n) is 17.6. The number of hydrogen-bond donors (Lipinski definition) is 2. The summed E-state index contributed by atoms with van der Waals surface area (Å²) in [7, 11) is -3.09. The van der Waals surface area contributed by atoms with Crippen molar-refractivity contribution >= 4 is 21.3 Å². The van der Waals surface area contributed by atoms with Crippen molar-refractivity contribution in [1.82, 2.24) is 10.2 Å². The van der Waals surface area contributed by atoms with Crippen LogP contribution < -0.4 is 10.1 Å². The molecule has 2 aromatic carbocycles. The normalized spacial score (nSPS) is 13.3. The molecule has 0 unspecified atom stereocenters. The highest BCUT2D eigenvalue weighted by molar-refractivity contribution is 7.91. The number of aryl methyl sites for hydroxylation is 1. The fraction of sp³-hybridized carbons (Fsp3) is 0.190. The van der Waals surface area contributed by atoms with Crippen molar-refractivity contribution in [3.05, 3.63) is 70.7 Å². The monoisotopic (exact) mass is 482 g/mol. The predicted molar refractivity (Wildman–Crippen MR) is 112 cm³/mol. The van der Waals surface area contributed by atoms with Crippen LogP contribution in [0.15, 0.2) is 47.4 Å². The summed E-state index contributed by atoms with van der Waals surface area (Å²) in [5.74, 6) is -1.98. The Balaban J connectivity index is 2.08. The molecule has 2 N–H and O–H groups in total. The van der Waals surface area contributed by atoms with E-state index in [1.807, 2.05) is 0 Å². The van der Waals surface area contributed by atoms with Crippen LogP contribution in [-0.4, -0.2) is 26.6 Å². The first-order valence-electron chi connectivity index (χ1n) is 9.31. The third-order valence-corrected chi connectivity index (χ3v) is 5.72. The summed E-state index contributed by atoms with van der Waals surface area (Å²) < 4.78 is 78.8. The molecule has 174 valence electrons. The van der Waals surface area contributed by atoms with Gasteiger partial charge in [0.15, 0.2) is 5.69 Å². The van der Waals surface area contributed by atoms with E-state index in [0.717, 1.165) is 19.1 Å². The van der Waals surface area contributed by atoms with Gasteiger partial charge < -0.3 is 10.1 Å². The molecule has 7 nitrogen and oxygen atoms in total. The van der Waals surface area contributed by atoms with E-state index in [-0.39, 0.29) is 16.3 Å². The van der Waals surface area contributed by atoms with E-state index < -0.39 is 50.3 Å². The number of rotatable bonds is 5. The zero-order chi connectivity index (χ0) is 24.6. The molecular weight excluding hydrogens is 464 g/mol. The van der Waals surface area contributed by atoms with Crippen molar-refractivity contribution in [3.8, 4) is 11.6 Å². The highest BCUT2D eigenvalue weighted by Gasteiger charge is 2.38. The van der Waals surface area contributed by atoms with Gasteiger partial charge in [-0.3, -0.25) is 4.79 Å². The molecule has 1 atom stereocenters. The van der Waals surface area contributed by atoms with Crippen molar-refractivity contribution in [3.63, 3.8) is 0 Å². The SMILES string of the molecule is Cc1cc(F)ccc1Oc1nnc(C(F)(F)F)c(C)c1C(=O)Nc1cccc([S@@](C)(=N)=O)c1. The van der Waals surface area contributed by atoms with Gasteiger partial charge in [-0.15, -0.1) is 10.2 Å². The van der Waals surface area contributed by atoms with Gasteiger partial charge in [-0.1, -0.05) is 6.07 Å². The van der Waals surface area contributed by atoms with E-state index in [0.29, 0.717) is 5.56 Å². The molecule has 0 aliphatic carbocycles. The summed E-state index contributed by atoms with van der Waals surface area (Å²) in [5, 5.41) is 9.05. The molecule has 3 rings (SSSR count). The summed E-state index contributed by atoms with van der Waals surface area (Å²) in [6, 6.07) is 9.06. The summed E-state index contributed by atoms with van der Waals surface area (Å²) >= 11 is 0. The van der Waals surface area contributed by atoms with Crippen LogP contribution in [0.25, 0.3) is 0 Å². The Morgan fingerprint density at radius 3 is 2.42 bits per heavy atom. The van der Waals surface area contributed by atoms with Crippen LogP contribution in [0.4, 0.5) is 23.2 Å². The van der Waals surface area contributed by atoms with Gasteiger partial charge in [-0.05, 0) is 61.4 Å². The maximum atomic E-state index is 13.4. The Labute approximate surface area is 186 Å². The minimum Gasteiger partial charge on any atom is -0.437 e. The second-order valence-corrected chi connectivity index (χ2v) is 9.35. The van der Waals surface area contributed by atoms with E-state index in [2.05, 4.69) is 15.5 Å². The second kappa shape index (κ2) is 8.77. The maximum Gasteiger partial charge on any atom is 0.435 e. The fourth-order valence-corrected chi connectivity index (χ4v) is 3.64. The quantitative estimate of drug-likeness (QED) is 0.478. The van der Waals surface area contributed by atoms with Gasteiger partial charge in [-0.2, -0.15) is 13.2 Å². The van der Waals surface area contributed by atoms with Gasteiger partial charge in [0.2, 0.25) is 0 Å². The van der Waals surface area contributed by atoms with Crippen LogP contribution in [0.3, 0.4) is 0 Å². The highest BCUT2D eigenvalue weighted by Crippen LogP contribution is 2.35. The number of carbonyl (C=O) groups excluding carboxylic acids is 1. The fourth-order valence-electron chi connectivity index (χ4n) is 2.95.